The van der Waals surface area contributed by atoms with Gasteiger partial charge in [0.05, 0.1) is 11.3 Å². The minimum Gasteiger partial charge on any atom is -0.273 e. The molecule has 0 amide bonds. The number of hydrogen-bond acceptors (Lipinski definition) is 4. The van der Waals surface area contributed by atoms with Crippen LogP contribution in [0.4, 0.5) is 5.00 Å². The standard InChI is InChI=1S/C11H14N2O2S2/c1-2-6-17(14,15)13-11-9(7-12)8-4-3-5-10(8)16-11/h13H,2-6H2,1H3. The molecule has 0 atom stereocenters. The third-order valence-corrected chi connectivity index (χ3v) is 5.55. The molecule has 17 heavy (non-hydrogen) atoms. The second-order valence-electron chi connectivity index (χ2n) is 4.09. The Kier molecular flexibility index (Phi) is 3.40. The largest absolute Gasteiger partial charge is 0.273 e. The summed E-state index contributed by atoms with van der Waals surface area (Å²) >= 11 is 1.41. The Morgan fingerprint density at radius 2 is 2.24 bits per heavy atom. The molecule has 1 aromatic heterocycles. The summed E-state index contributed by atoms with van der Waals surface area (Å²) in [5.74, 6) is 0.0977. The van der Waals surface area contributed by atoms with Crippen LogP contribution in [0.25, 0.3) is 0 Å². The Morgan fingerprint density at radius 1 is 1.47 bits per heavy atom. The van der Waals surface area contributed by atoms with E-state index in [9.17, 15) is 8.42 Å². The molecule has 1 aliphatic rings. The van der Waals surface area contributed by atoms with Crippen molar-refractivity contribution in [1.82, 2.24) is 0 Å². The van der Waals surface area contributed by atoms with Crippen LogP contribution < -0.4 is 4.72 Å². The highest BCUT2D eigenvalue weighted by Crippen LogP contribution is 2.38. The van der Waals surface area contributed by atoms with E-state index in [2.05, 4.69) is 10.8 Å². The summed E-state index contributed by atoms with van der Waals surface area (Å²) in [4.78, 5) is 1.16. The highest BCUT2D eigenvalue weighted by atomic mass is 32.2. The summed E-state index contributed by atoms with van der Waals surface area (Å²) < 4.78 is 25.9. The second-order valence-corrected chi connectivity index (χ2v) is 7.04. The molecule has 0 unspecified atom stereocenters. The fourth-order valence-corrected chi connectivity index (χ4v) is 4.72. The highest BCUT2D eigenvalue weighted by molar-refractivity contribution is 7.92. The normalized spacial score (nSPS) is 14.4. The van der Waals surface area contributed by atoms with Crippen molar-refractivity contribution in [2.75, 3.05) is 10.5 Å². The van der Waals surface area contributed by atoms with Crippen molar-refractivity contribution in [3.8, 4) is 6.07 Å². The summed E-state index contributed by atoms with van der Waals surface area (Å²) in [5.41, 5.74) is 1.58. The Labute approximate surface area is 105 Å². The van der Waals surface area contributed by atoms with Gasteiger partial charge in [0.25, 0.3) is 0 Å². The zero-order valence-electron chi connectivity index (χ0n) is 9.62. The highest BCUT2D eigenvalue weighted by Gasteiger charge is 2.24. The minimum absolute atomic E-state index is 0.0977. The lowest BCUT2D eigenvalue weighted by atomic mass is 10.1. The van der Waals surface area contributed by atoms with Crippen LogP contribution in [-0.4, -0.2) is 14.2 Å². The molecule has 6 heteroatoms. The zero-order valence-corrected chi connectivity index (χ0v) is 11.2. The van der Waals surface area contributed by atoms with Crippen molar-refractivity contribution in [2.24, 2.45) is 0 Å². The number of rotatable bonds is 4. The summed E-state index contributed by atoms with van der Waals surface area (Å²) in [6.07, 6.45) is 3.49. The number of fused-ring (bicyclic) bond motifs is 1. The summed E-state index contributed by atoms with van der Waals surface area (Å²) in [6.45, 7) is 1.82. The van der Waals surface area contributed by atoms with Crippen LogP contribution >= 0.6 is 11.3 Å². The number of sulfonamides is 1. The van der Waals surface area contributed by atoms with Crippen LogP contribution in [0.3, 0.4) is 0 Å². The molecule has 1 aliphatic carbocycles. The summed E-state index contributed by atoms with van der Waals surface area (Å²) in [6, 6.07) is 2.12. The maximum absolute atomic E-state index is 11.7. The predicted molar refractivity (Wildman–Crippen MR) is 68.8 cm³/mol. The molecule has 0 fully saturated rings. The van der Waals surface area contributed by atoms with E-state index in [1.54, 1.807) is 0 Å². The van der Waals surface area contributed by atoms with Crippen LogP contribution in [0, 0.1) is 11.3 Å². The molecular formula is C11H14N2O2S2. The molecule has 1 aromatic rings. The average molecular weight is 270 g/mol. The lowest BCUT2D eigenvalue weighted by molar-refractivity contribution is 0.600. The molecule has 1 heterocycles. The van der Waals surface area contributed by atoms with Gasteiger partial charge in [0.15, 0.2) is 0 Å². The number of anilines is 1. The van der Waals surface area contributed by atoms with Crippen molar-refractivity contribution < 1.29 is 8.42 Å². The molecule has 0 bridgehead atoms. The number of nitrogens with one attached hydrogen (secondary N) is 1. The lowest BCUT2D eigenvalue weighted by Crippen LogP contribution is -2.16. The zero-order chi connectivity index (χ0) is 12.5. The smallest absolute Gasteiger partial charge is 0.233 e. The quantitative estimate of drug-likeness (QED) is 0.912. The Hall–Kier alpha value is -1.06. The lowest BCUT2D eigenvalue weighted by Gasteiger charge is -2.05. The first kappa shape index (κ1) is 12.4. The van der Waals surface area contributed by atoms with Crippen molar-refractivity contribution in [1.29, 1.82) is 5.26 Å². The van der Waals surface area contributed by atoms with Gasteiger partial charge in [-0.2, -0.15) is 5.26 Å². The molecule has 0 saturated carbocycles. The van der Waals surface area contributed by atoms with E-state index >= 15 is 0 Å². The van der Waals surface area contributed by atoms with Crippen molar-refractivity contribution in [3.05, 3.63) is 16.0 Å². The first-order chi connectivity index (χ1) is 8.07. The second kappa shape index (κ2) is 4.67. The van der Waals surface area contributed by atoms with Crippen molar-refractivity contribution in [2.45, 2.75) is 32.6 Å². The molecule has 0 spiro atoms. The van der Waals surface area contributed by atoms with Gasteiger partial charge in [-0.1, -0.05) is 6.92 Å². The molecule has 4 nitrogen and oxygen atoms in total. The van der Waals surface area contributed by atoms with E-state index in [1.807, 2.05) is 6.92 Å². The van der Waals surface area contributed by atoms with Gasteiger partial charge in [-0.05, 0) is 31.2 Å². The summed E-state index contributed by atoms with van der Waals surface area (Å²) in [5, 5.41) is 9.63. The van der Waals surface area contributed by atoms with Gasteiger partial charge >= 0.3 is 0 Å². The van der Waals surface area contributed by atoms with Crippen LogP contribution in [0.15, 0.2) is 0 Å². The third kappa shape index (κ3) is 2.45. The molecule has 0 saturated heterocycles. The molecule has 0 aromatic carbocycles. The van der Waals surface area contributed by atoms with E-state index < -0.39 is 10.0 Å². The number of hydrogen-bond donors (Lipinski definition) is 1. The van der Waals surface area contributed by atoms with E-state index in [0.717, 1.165) is 29.7 Å². The third-order valence-electron chi connectivity index (χ3n) is 2.75. The average Bonchev–Trinajstić information content (AvgIpc) is 2.76. The van der Waals surface area contributed by atoms with Gasteiger partial charge in [0.2, 0.25) is 10.0 Å². The van der Waals surface area contributed by atoms with Crippen LogP contribution in [0.2, 0.25) is 0 Å². The number of nitriles is 1. The monoisotopic (exact) mass is 270 g/mol. The van der Waals surface area contributed by atoms with Crippen molar-refractivity contribution in [3.63, 3.8) is 0 Å². The molecular weight excluding hydrogens is 256 g/mol. The number of thiophene rings is 1. The molecule has 1 N–H and O–H groups in total. The molecule has 2 rings (SSSR count). The maximum Gasteiger partial charge on any atom is 0.233 e. The van der Waals surface area contributed by atoms with Gasteiger partial charge in [0.1, 0.15) is 11.1 Å². The SMILES string of the molecule is CCCS(=O)(=O)Nc1sc2c(c1C#N)CCC2. The van der Waals surface area contributed by atoms with Gasteiger partial charge < -0.3 is 0 Å². The van der Waals surface area contributed by atoms with Gasteiger partial charge in [-0.3, -0.25) is 4.72 Å². The van der Waals surface area contributed by atoms with E-state index in [4.69, 9.17) is 5.26 Å². The van der Waals surface area contributed by atoms with Crippen LogP contribution in [0.1, 0.15) is 35.8 Å². The minimum atomic E-state index is -3.30. The fourth-order valence-electron chi connectivity index (χ4n) is 2.06. The molecule has 0 radical (unpaired) electrons. The van der Waals surface area contributed by atoms with Gasteiger partial charge in [-0.25, -0.2) is 8.42 Å². The predicted octanol–water partition coefficient (Wildman–Crippen LogP) is 2.26. The Balaban J connectivity index is 2.32. The fraction of sp³-hybridized carbons (Fsp3) is 0.545. The Morgan fingerprint density at radius 3 is 2.88 bits per heavy atom. The topological polar surface area (TPSA) is 70.0 Å². The number of nitrogens with zero attached hydrogens (tertiary/aromatic N) is 1. The van der Waals surface area contributed by atoms with Crippen LogP contribution in [-0.2, 0) is 22.9 Å². The van der Waals surface area contributed by atoms with Crippen molar-refractivity contribution >= 4 is 26.4 Å². The summed E-state index contributed by atoms with van der Waals surface area (Å²) in [7, 11) is -3.30. The van der Waals surface area contributed by atoms with E-state index in [-0.39, 0.29) is 5.75 Å². The number of aryl methyl sites for hydroxylation is 1. The first-order valence-electron chi connectivity index (χ1n) is 5.62. The molecule has 92 valence electrons. The van der Waals surface area contributed by atoms with Crippen LogP contribution in [0.5, 0.6) is 0 Å². The van der Waals surface area contributed by atoms with E-state index in [0.29, 0.717) is 17.0 Å². The maximum atomic E-state index is 11.7. The Bertz CT molecular complexity index is 567. The van der Waals surface area contributed by atoms with Gasteiger partial charge in [-0.15, -0.1) is 11.3 Å². The van der Waals surface area contributed by atoms with Gasteiger partial charge in [0, 0.05) is 4.88 Å². The van der Waals surface area contributed by atoms with E-state index in [1.165, 1.54) is 11.3 Å². The molecule has 0 aliphatic heterocycles. The first-order valence-corrected chi connectivity index (χ1v) is 8.09.